The second-order valence-electron chi connectivity index (χ2n) is 12.3. The number of ether oxygens (including phenoxy) is 2. The van der Waals surface area contributed by atoms with Gasteiger partial charge in [-0.25, -0.2) is 0 Å². The summed E-state index contributed by atoms with van der Waals surface area (Å²) in [5, 5.41) is 9.55. The molecule has 0 heterocycles. The number of aliphatic hydroxyl groups is 1. The maximum Gasteiger partial charge on any atom is 0.306 e. The van der Waals surface area contributed by atoms with E-state index in [2.05, 4.69) is 98.9 Å². The van der Waals surface area contributed by atoms with Crippen LogP contribution in [0.5, 0.6) is 0 Å². The Labute approximate surface area is 290 Å². The van der Waals surface area contributed by atoms with Crippen LogP contribution in [0.3, 0.4) is 0 Å². The number of allylic oxidation sites excluding steroid dienone is 14. The Kier molecular flexibility index (Phi) is 37.7. The van der Waals surface area contributed by atoms with E-state index in [9.17, 15) is 9.90 Å². The van der Waals surface area contributed by atoms with Gasteiger partial charge < -0.3 is 14.6 Å². The van der Waals surface area contributed by atoms with Crippen LogP contribution in [-0.4, -0.2) is 37.0 Å². The fourth-order valence-electron chi connectivity index (χ4n) is 4.84. The van der Waals surface area contributed by atoms with Gasteiger partial charge in [-0.3, -0.25) is 4.79 Å². The highest BCUT2D eigenvalue weighted by atomic mass is 16.6. The van der Waals surface area contributed by atoms with E-state index < -0.39 is 6.10 Å². The average Bonchev–Trinajstić information content (AvgIpc) is 3.08. The van der Waals surface area contributed by atoms with Gasteiger partial charge in [0.1, 0.15) is 6.10 Å². The Morgan fingerprint density at radius 2 is 0.957 bits per heavy atom. The van der Waals surface area contributed by atoms with E-state index in [0.717, 1.165) is 83.5 Å². The second kappa shape index (κ2) is 39.7. The average molecular weight is 653 g/mol. The quantitative estimate of drug-likeness (QED) is 0.0427. The van der Waals surface area contributed by atoms with Crippen LogP contribution in [0.4, 0.5) is 0 Å². The molecule has 0 bridgehead atoms. The topological polar surface area (TPSA) is 55.8 Å². The summed E-state index contributed by atoms with van der Waals surface area (Å²) in [6, 6.07) is 0. The molecule has 0 amide bonds. The number of esters is 1. The number of hydrogen-bond acceptors (Lipinski definition) is 4. The van der Waals surface area contributed by atoms with Crippen LogP contribution >= 0.6 is 0 Å². The molecule has 1 unspecified atom stereocenters. The fourth-order valence-corrected chi connectivity index (χ4v) is 4.84. The van der Waals surface area contributed by atoms with Crippen molar-refractivity contribution in [3.05, 3.63) is 85.1 Å². The first-order chi connectivity index (χ1) is 23.2. The van der Waals surface area contributed by atoms with E-state index in [-0.39, 0.29) is 19.2 Å². The lowest BCUT2D eigenvalue weighted by atomic mass is 10.1. The molecule has 0 aliphatic rings. The van der Waals surface area contributed by atoms with Crippen molar-refractivity contribution in [2.24, 2.45) is 0 Å². The summed E-state index contributed by atoms with van der Waals surface area (Å²) in [5.74, 6) is -0.224. The van der Waals surface area contributed by atoms with Crippen LogP contribution in [0.2, 0.25) is 0 Å². The lowest BCUT2D eigenvalue weighted by Gasteiger charge is -2.15. The molecule has 0 radical (unpaired) electrons. The van der Waals surface area contributed by atoms with Gasteiger partial charge in [0.25, 0.3) is 0 Å². The lowest BCUT2D eigenvalue weighted by molar-refractivity contribution is -0.154. The summed E-state index contributed by atoms with van der Waals surface area (Å²) in [6.45, 7) is 5.12. The van der Waals surface area contributed by atoms with Gasteiger partial charge in [0, 0.05) is 13.0 Å². The van der Waals surface area contributed by atoms with Crippen molar-refractivity contribution in [2.75, 3.05) is 19.8 Å². The SMILES string of the molecule is CC/C=C\C/C=C\C/C=C\C/C=C\C/C=C\C/C=C\CCCCCCCOCC(CO)OC(=O)CCCCCCC/C=C\CCCC. The smallest absolute Gasteiger partial charge is 0.306 e. The third-order valence-corrected chi connectivity index (χ3v) is 7.70. The molecule has 0 aliphatic carbocycles. The van der Waals surface area contributed by atoms with Crippen LogP contribution in [0.15, 0.2) is 85.1 Å². The molecule has 0 spiro atoms. The number of carbonyl (C=O) groups is 1. The highest BCUT2D eigenvalue weighted by Crippen LogP contribution is 2.10. The first-order valence-corrected chi connectivity index (χ1v) is 19.2. The van der Waals surface area contributed by atoms with Crippen molar-refractivity contribution in [1.29, 1.82) is 0 Å². The maximum absolute atomic E-state index is 12.1. The molecule has 0 aromatic heterocycles. The summed E-state index contributed by atoms with van der Waals surface area (Å²) < 4.78 is 11.1. The summed E-state index contributed by atoms with van der Waals surface area (Å²) in [5.41, 5.74) is 0. The molecule has 268 valence electrons. The predicted octanol–water partition coefficient (Wildman–Crippen LogP) is 12.4. The van der Waals surface area contributed by atoms with Crippen molar-refractivity contribution in [3.8, 4) is 0 Å². The van der Waals surface area contributed by atoms with Crippen molar-refractivity contribution in [3.63, 3.8) is 0 Å². The lowest BCUT2D eigenvalue weighted by Crippen LogP contribution is -2.27. The standard InChI is InChI=1S/C43H72O4/c1-3-5-7-9-11-13-15-16-17-18-19-20-21-22-23-24-25-26-27-29-31-33-35-37-39-46-41-42(40-44)47-43(45)38-36-34-32-30-28-14-12-10-8-6-4-2/h5,7,10-13,16-17,19-20,22-23,25-26,42,44H,3-4,6,8-9,14-15,18,21,24,27-41H2,1-2H3/b7-5-,12-10-,13-11-,17-16-,20-19-,23-22-,26-25-. The summed E-state index contributed by atoms with van der Waals surface area (Å²) in [6.07, 6.45) is 54.9. The van der Waals surface area contributed by atoms with Crippen LogP contribution < -0.4 is 0 Å². The maximum atomic E-state index is 12.1. The van der Waals surface area contributed by atoms with E-state index in [0.29, 0.717) is 13.0 Å². The molecule has 0 saturated heterocycles. The van der Waals surface area contributed by atoms with Gasteiger partial charge in [-0.05, 0) is 83.5 Å². The van der Waals surface area contributed by atoms with Gasteiger partial charge in [-0.15, -0.1) is 0 Å². The van der Waals surface area contributed by atoms with Crippen molar-refractivity contribution < 1.29 is 19.4 Å². The predicted molar refractivity (Wildman–Crippen MR) is 205 cm³/mol. The normalized spacial score (nSPS) is 13.3. The highest BCUT2D eigenvalue weighted by molar-refractivity contribution is 5.69. The highest BCUT2D eigenvalue weighted by Gasteiger charge is 2.13. The van der Waals surface area contributed by atoms with Gasteiger partial charge in [0.15, 0.2) is 0 Å². The number of aliphatic hydroxyl groups excluding tert-OH is 1. The molecule has 0 aromatic carbocycles. The molecular formula is C43H72O4. The zero-order valence-electron chi connectivity index (χ0n) is 30.5. The van der Waals surface area contributed by atoms with Crippen LogP contribution in [0.25, 0.3) is 0 Å². The molecule has 47 heavy (non-hydrogen) atoms. The van der Waals surface area contributed by atoms with Crippen molar-refractivity contribution in [2.45, 2.75) is 161 Å². The Balaban J connectivity index is 3.55. The molecule has 0 aromatic rings. The zero-order valence-corrected chi connectivity index (χ0v) is 30.5. The third-order valence-electron chi connectivity index (χ3n) is 7.70. The molecule has 0 aliphatic heterocycles. The van der Waals surface area contributed by atoms with Gasteiger partial charge in [0.2, 0.25) is 0 Å². The van der Waals surface area contributed by atoms with E-state index in [1.165, 1.54) is 51.4 Å². The number of carbonyl (C=O) groups excluding carboxylic acids is 1. The number of rotatable bonds is 34. The largest absolute Gasteiger partial charge is 0.457 e. The van der Waals surface area contributed by atoms with E-state index in [1.54, 1.807) is 0 Å². The summed E-state index contributed by atoms with van der Waals surface area (Å²) in [7, 11) is 0. The van der Waals surface area contributed by atoms with Gasteiger partial charge in [0.05, 0.1) is 13.2 Å². The molecule has 4 heteroatoms. The summed E-state index contributed by atoms with van der Waals surface area (Å²) in [4.78, 5) is 12.1. The molecule has 4 nitrogen and oxygen atoms in total. The molecule has 0 saturated carbocycles. The number of unbranched alkanes of at least 4 members (excludes halogenated alkanes) is 12. The Bertz CT molecular complexity index is 861. The van der Waals surface area contributed by atoms with E-state index >= 15 is 0 Å². The first-order valence-electron chi connectivity index (χ1n) is 19.2. The van der Waals surface area contributed by atoms with Gasteiger partial charge in [-0.1, -0.05) is 150 Å². The molecule has 0 fully saturated rings. The van der Waals surface area contributed by atoms with Crippen LogP contribution in [0.1, 0.15) is 155 Å². The minimum absolute atomic E-state index is 0.188. The molecular weight excluding hydrogens is 580 g/mol. The van der Waals surface area contributed by atoms with Crippen molar-refractivity contribution in [1.82, 2.24) is 0 Å². The van der Waals surface area contributed by atoms with Crippen LogP contribution in [-0.2, 0) is 14.3 Å². The van der Waals surface area contributed by atoms with E-state index in [4.69, 9.17) is 9.47 Å². The molecule has 0 rings (SSSR count). The molecule has 1 N–H and O–H groups in total. The van der Waals surface area contributed by atoms with Crippen molar-refractivity contribution >= 4 is 5.97 Å². The zero-order chi connectivity index (χ0) is 34.1. The summed E-state index contributed by atoms with van der Waals surface area (Å²) >= 11 is 0. The monoisotopic (exact) mass is 653 g/mol. The van der Waals surface area contributed by atoms with Crippen LogP contribution in [0, 0.1) is 0 Å². The third kappa shape index (κ3) is 37.9. The minimum atomic E-state index is -0.552. The first kappa shape index (κ1) is 44.6. The second-order valence-corrected chi connectivity index (χ2v) is 12.3. The van der Waals surface area contributed by atoms with E-state index in [1.807, 2.05) is 0 Å². The van der Waals surface area contributed by atoms with Gasteiger partial charge >= 0.3 is 5.97 Å². The molecule has 1 atom stereocenters. The minimum Gasteiger partial charge on any atom is -0.457 e. The fraction of sp³-hybridized carbons (Fsp3) is 0.651. The Hall–Kier alpha value is -2.43. The van der Waals surface area contributed by atoms with Gasteiger partial charge in [-0.2, -0.15) is 0 Å². The number of hydrogen-bond donors (Lipinski definition) is 1. The Morgan fingerprint density at radius 3 is 1.47 bits per heavy atom. The Morgan fingerprint density at radius 1 is 0.532 bits per heavy atom.